The smallest absolute Gasteiger partial charge is 0.286 e. The van der Waals surface area contributed by atoms with Gasteiger partial charge in [0.15, 0.2) is 5.84 Å². The molecule has 1 saturated heterocycles. The molecule has 0 aliphatic carbocycles. The number of carbonyl (C=O) groups is 1. The van der Waals surface area contributed by atoms with E-state index < -0.39 is 5.91 Å². The van der Waals surface area contributed by atoms with Crippen molar-refractivity contribution < 1.29 is 4.79 Å². The van der Waals surface area contributed by atoms with Crippen molar-refractivity contribution in [1.82, 2.24) is 20.1 Å². The number of nitrogens with two attached hydrogens (primary N) is 1. The number of aliphatic imine (C=N–C) groups is 1. The minimum atomic E-state index is -0.418. The molecule has 2 aromatic rings. The van der Waals surface area contributed by atoms with E-state index in [0.717, 1.165) is 23.9 Å². The number of guanidine groups is 1. The number of hydrogen-bond acceptors (Lipinski definition) is 3. The second-order valence-corrected chi connectivity index (χ2v) is 8.61. The quantitative estimate of drug-likeness (QED) is 0.435. The van der Waals surface area contributed by atoms with Crippen molar-refractivity contribution in [2.45, 2.75) is 58.2 Å². The molecule has 1 aliphatic heterocycles. The van der Waals surface area contributed by atoms with Crippen LogP contribution in [0.15, 0.2) is 35.5 Å². The molecule has 1 aromatic carbocycles. The summed E-state index contributed by atoms with van der Waals surface area (Å²) in [6.07, 6.45) is 4.49. The first-order valence-corrected chi connectivity index (χ1v) is 11.1. The van der Waals surface area contributed by atoms with E-state index in [4.69, 9.17) is 11.1 Å². The average Bonchev–Trinajstić information content (AvgIpc) is 3.14. The number of piperazine rings is 1. The van der Waals surface area contributed by atoms with Crippen LogP contribution in [0.5, 0.6) is 0 Å². The van der Waals surface area contributed by atoms with Gasteiger partial charge in [0.25, 0.3) is 5.91 Å². The molecule has 168 valence electrons. The van der Waals surface area contributed by atoms with Crippen molar-refractivity contribution in [1.29, 1.82) is 5.41 Å². The van der Waals surface area contributed by atoms with E-state index in [1.54, 1.807) is 0 Å². The zero-order valence-electron chi connectivity index (χ0n) is 19.0. The molecule has 8 nitrogen and oxygen atoms in total. The summed E-state index contributed by atoms with van der Waals surface area (Å²) in [5.74, 6) is -0.536. The normalized spacial score (nSPS) is 21.3. The van der Waals surface area contributed by atoms with Gasteiger partial charge in [-0.3, -0.25) is 15.1 Å². The topological polar surface area (TPSA) is 114 Å². The van der Waals surface area contributed by atoms with Crippen molar-refractivity contribution in [2.24, 2.45) is 10.7 Å². The number of aromatic nitrogens is 1. The Morgan fingerprint density at radius 3 is 2.68 bits per heavy atom. The van der Waals surface area contributed by atoms with E-state index in [-0.39, 0.29) is 17.8 Å². The lowest BCUT2D eigenvalue weighted by Crippen LogP contribution is -2.56. The van der Waals surface area contributed by atoms with Gasteiger partial charge in [0.05, 0.1) is 0 Å². The third kappa shape index (κ3) is 5.44. The fourth-order valence-corrected chi connectivity index (χ4v) is 4.21. The molecule has 3 unspecified atom stereocenters. The highest BCUT2D eigenvalue weighted by Gasteiger charge is 2.28. The van der Waals surface area contributed by atoms with Crippen molar-refractivity contribution >= 4 is 28.6 Å². The number of nitrogens with one attached hydrogen (secondary N) is 3. The molecule has 1 aliphatic rings. The Kier molecular flexibility index (Phi) is 7.33. The zero-order valence-corrected chi connectivity index (χ0v) is 19.0. The lowest BCUT2D eigenvalue weighted by molar-refractivity contribution is -0.115. The van der Waals surface area contributed by atoms with Gasteiger partial charge in [-0.2, -0.15) is 4.99 Å². The highest BCUT2D eigenvalue weighted by Crippen LogP contribution is 2.20. The summed E-state index contributed by atoms with van der Waals surface area (Å²) >= 11 is 0. The molecule has 1 aromatic heterocycles. The first-order chi connectivity index (χ1) is 14.8. The Labute approximate surface area is 184 Å². The van der Waals surface area contributed by atoms with E-state index in [1.807, 2.05) is 29.3 Å². The van der Waals surface area contributed by atoms with Crippen molar-refractivity contribution in [3.05, 3.63) is 36.0 Å². The SMILES string of the molecule is CCCC(Cc1c[nH]c2ccccc12)NC(=O)C(N)=NC(=N)N1CC(C)N(C)C(C)C1. The summed E-state index contributed by atoms with van der Waals surface area (Å²) in [4.78, 5) is 24.3. The molecular weight excluding hydrogens is 390 g/mol. The number of carbonyl (C=O) groups excluding carboxylic acids is 1. The van der Waals surface area contributed by atoms with Crippen molar-refractivity contribution in [3.63, 3.8) is 0 Å². The molecule has 8 heteroatoms. The second kappa shape index (κ2) is 9.96. The maximum atomic E-state index is 12.7. The number of benzene rings is 1. The van der Waals surface area contributed by atoms with Crippen LogP contribution in [0.2, 0.25) is 0 Å². The van der Waals surface area contributed by atoms with Crippen LogP contribution in [0, 0.1) is 5.41 Å². The summed E-state index contributed by atoms with van der Waals surface area (Å²) in [6.45, 7) is 7.72. The monoisotopic (exact) mass is 425 g/mol. The van der Waals surface area contributed by atoms with Crippen LogP contribution in [0.1, 0.15) is 39.2 Å². The summed E-state index contributed by atoms with van der Waals surface area (Å²) < 4.78 is 0. The Balaban J connectivity index is 1.65. The van der Waals surface area contributed by atoms with Gasteiger partial charge in [-0.1, -0.05) is 31.5 Å². The van der Waals surface area contributed by atoms with Gasteiger partial charge in [0, 0.05) is 48.3 Å². The Hall–Kier alpha value is -2.87. The van der Waals surface area contributed by atoms with Crippen LogP contribution in [-0.2, 0) is 11.2 Å². The maximum Gasteiger partial charge on any atom is 0.286 e. The Bertz CT molecular complexity index is 938. The van der Waals surface area contributed by atoms with Gasteiger partial charge < -0.3 is 20.9 Å². The minimum absolute atomic E-state index is 0.0446. The molecule has 1 amide bonds. The third-order valence-electron chi connectivity index (χ3n) is 6.23. The summed E-state index contributed by atoms with van der Waals surface area (Å²) in [7, 11) is 2.09. The number of fused-ring (bicyclic) bond motifs is 1. The molecular formula is C23H35N7O. The molecule has 1 fully saturated rings. The molecule has 3 atom stereocenters. The average molecular weight is 426 g/mol. The van der Waals surface area contributed by atoms with Crippen LogP contribution in [0.25, 0.3) is 10.9 Å². The predicted molar refractivity (Wildman–Crippen MR) is 126 cm³/mol. The first kappa shape index (κ1) is 22.8. The number of amidine groups is 1. The molecule has 0 saturated carbocycles. The molecule has 0 bridgehead atoms. The lowest BCUT2D eigenvalue weighted by Gasteiger charge is -2.42. The van der Waals surface area contributed by atoms with E-state index >= 15 is 0 Å². The van der Waals surface area contributed by atoms with Crippen molar-refractivity contribution in [3.8, 4) is 0 Å². The van der Waals surface area contributed by atoms with Crippen LogP contribution in [0.4, 0.5) is 0 Å². The minimum Gasteiger partial charge on any atom is -0.379 e. The van der Waals surface area contributed by atoms with Crippen LogP contribution < -0.4 is 11.1 Å². The maximum absolute atomic E-state index is 12.7. The molecule has 0 radical (unpaired) electrons. The summed E-state index contributed by atoms with van der Waals surface area (Å²) in [6, 6.07) is 8.71. The number of hydrogen-bond donors (Lipinski definition) is 4. The van der Waals surface area contributed by atoms with Crippen LogP contribution in [0.3, 0.4) is 0 Å². The lowest BCUT2D eigenvalue weighted by atomic mass is 10.0. The predicted octanol–water partition coefficient (Wildman–Crippen LogP) is 2.31. The fraction of sp³-hybridized carbons (Fsp3) is 0.522. The molecule has 2 heterocycles. The first-order valence-electron chi connectivity index (χ1n) is 11.1. The summed E-state index contributed by atoms with van der Waals surface area (Å²) in [5, 5.41) is 12.5. The highest BCUT2D eigenvalue weighted by molar-refractivity contribution is 6.38. The van der Waals surface area contributed by atoms with Gasteiger partial charge >= 0.3 is 0 Å². The number of rotatable bonds is 5. The molecule has 5 N–H and O–H groups in total. The van der Waals surface area contributed by atoms with Gasteiger partial charge in [-0.15, -0.1) is 0 Å². The largest absolute Gasteiger partial charge is 0.379 e. The molecule has 0 spiro atoms. The van der Waals surface area contributed by atoms with Gasteiger partial charge in [-0.05, 0) is 45.4 Å². The van der Waals surface area contributed by atoms with E-state index in [9.17, 15) is 4.79 Å². The van der Waals surface area contributed by atoms with Gasteiger partial charge in [0.1, 0.15) is 0 Å². The van der Waals surface area contributed by atoms with Gasteiger partial charge in [-0.25, -0.2) is 0 Å². The standard InChI is InChI=1S/C23H35N7O/c1-5-8-18(11-17-12-26-20-10-7-6-9-19(17)20)27-22(31)21(24)28-23(25)30-13-15(2)29(4)16(3)14-30/h6-7,9-10,12,15-16,18,26H,5,8,11,13-14H2,1-4H3,(H,27,31)(H3,24,25,28). The Morgan fingerprint density at radius 1 is 1.32 bits per heavy atom. The fourth-order valence-electron chi connectivity index (χ4n) is 4.21. The van der Waals surface area contributed by atoms with E-state index in [1.165, 1.54) is 5.39 Å². The number of H-pyrrole nitrogens is 1. The number of amides is 1. The highest BCUT2D eigenvalue weighted by atomic mass is 16.2. The third-order valence-corrected chi connectivity index (χ3v) is 6.23. The second-order valence-electron chi connectivity index (χ2n) is 8.61. The number of aromatic amines is 1. The molecule has 31 heavy (non-hydrogen) atoms. The van der Waals surface area contributed by atoms with Crippen LogP contribution in [-0.4, -0.2) is 70.7 Å². The zero-order chi connectivity index (χ0) is 22.5. The molecule has 3 rings (SSSR count). The van der Waals surface area contributed by atoms with Crippen LogP contribution >= 0.6 is 0 Å². The number of likely N-dealkylation sites (N-methyl/N-ethyl adjacent to an activating group) is 1. The number of nitrogens with zero attached hydrogens (tertiary/aromatic N) is 3. The van der Waals surface area contributed by atoms with Gasteiger partial charge in [0.2, 0.25) is 5.96 Å². The number of para-hydroxylation sites is 1. The summed E-state index contributed by atoms with van der Waals surface area (Å²) in [5.41, 5.74) is 8.24. The van der Waals surface area contributed by atoms with Crippen molar-refractivity contribution in [2.75, 3.05) is 20.1 Å². The van der Waals surface area contributed by atoms with E-state index in [2.05, 4.69) is 54.1 Å². The Morgan fingerprint density at radius 2 is 2.00 bits per heavy atom. The van der Waals surface area contributed by atoms with E-state index in [0.29, 0.717) is 31.6 Å².